The molecule has 1 atom stereocenters. The number of nitrogens with zero attached hydrogens (tertiary/aromatic N) is 3. The molecule has 150 valence electrons. The molecule has 0 fully saturated rings. The van der Waals surface area contributed by atoms with Crippen molar-refractivity contribution in [1.29, 1.82) is 0 Å². The zero-order valence-electron chi connectivity index (χ0n) is 16.8. The van der Waals surface area contributed by atoms with Crippen molar-refractivity contribution in [2.24, 2.45) is 12.0 Å². The minimum absolute atomic E-state index is 0. The van der Waals surface area contributed by atoms with E-state index in [-0.39, 0.29) is 30.0 Å². The summed E-state index contributed by atoms with van der Waals surface area (Å²) in [6.07, 6.45) is 0.895. The van der Waals surface area contributed by atoms with Crippen LogP contribution < -0.4 is 15.4 Å². The van der Waals surface area contributed by atoms with Crippen molar-refractivity contribution < 1.29 is 4.74 Å². The van der Waals surface area contributed by atoms with Gasteiger partial charge in [0.1, 0.15) is 5.75 Å². The molecule has 1 aromatic carbocycles. The van der Waals surface area contributed by atoms with Gasteiger partial charge in [-0.3, -0.25) is 9.67 Å². The molecule has 0 saturated carbocycles. The molecule has 0 spiro atoms. The van der Waals surface area contributed by atoms with Crippen LogP contribution in [0.15, 0.2) is 27.7 Å². The third kappa shape index (κ3) is 6.38. The van der Waals surface area contributed by atoms with Gasteiger partial charge in [0.05, 0.1) is 12.8 Å². The van der Waals surface area contributed by atoms with Gasteiger partial charge < -0.3 is 15.4 Å². The summed E-state index contributed by atoms with van der Waals surface area (Å²) in [5.41, 5.74) is 4.64. The largest absolute Gasteiger partial charge is 0.496 e. The molecule has 0 aliphatic rings. The molecule has 0 aliphatic carbocycles. The second-order valence-corrected chi connectivity index (χ2v) is 7.32. The van der Waals surface area contributed by atoms with E-state index in [9.17, 15) is 0 Å². The number of rotatable bonds is 6. The number of benzene rings is 1. The highest BCUT2D eigenvalue weighted by atomic mass is 127. The number of aryl methyl sites for hydroxylation is 2. The zero-order chi connectivity index (χ0) is 19.3. The Balaban J connectivity index is 0.00000364. The Morgan fingerprint density at radius 2 is 2.07 bits per heavy atom. The first-order valence-corrected chi connectivity index (χ1v) is 9.43. The maximum Gasteiger partial charge on any atom is 0.191 e. The second-order valence-electron chi connectivity index (χ2n) is 6.40. The normalized spacial score (nSPS) is 12.3. The number of guanidine groups is 1. The van der Waals surface area contributed by atoms with E-state index in [1.54, 1.807) is 14.2 Å². The number of ether oxygens (including phenoxy) is 1. The minimum Gasteiger partial charge on any atom is -0.496 e. The number of methoxy groups -OCH3 is 1. The van der Waals surface area contributed by atoms with Crippen LogP contribution in [0.5, 0.6) is 5.75 Å². The maximum atomic E-state index is 5.42. The molecule has 27 heavy (non-hydrogen) atoms. The Morgan fingerprint density at radius 1 is 1.37 bits per heavy atom. The predicted molar refractivity (Wildman–Crippen MR) is 125 cm³/mol. The van der Waals surface area contributed by atoms with E-state index in [1.807, 2.05) is 29.9 Å². The first kappa shape index (κ1) is 23.7. The molecule has 0 aliphatic heterocycles. The molecule has 2 aromatic rings. The molecule has 0 radical (unpaired) electrons. The average Bonchev–Trinajstić information content (AvgIpc) is 2.84. The van der Waals surface area contributed by atoms with Crippen LogP contribution in [-0.4, -0.2) is 35.9 Å². The van der Waals surface area contributed by atoms with Gasteiger partial charge in [-0.05, 0) is 51.0 Å². The lowest BCUT2D eigenvalue weighted by Crippen LogP contribution is -2.42. The minimum atomic E-state index is 0. The smallest absolute Gasteiger partial charge is 0.191 e. The average molecular weight is 550 g/mol. The molecular weight excluding hydrogens is 521 g/mol. The summed E-state index contributed by atoms with van der Waals surface area (Å²) >= 11 is 3.51. The van der Waals surface area contributed by atoms with E-state index in [4.69, 9.17) is 4.74 Å². The Bertz CT molecular complexity index is 791. The van der Waals surface area contributed by atoms with Crippen molar-refractivity contribution in [3.05, 3.63) is 45.2 Å². The quantitative estimate of drug-likeness (QED) is 0.327. The molecule has 0 amide bonds. The van der Waals surface area contributed by atoms with Crippen LogP contribution in [0.25, 0.3) is 0 Å². The number of aliphatic imine (C=N–C) groups is 1. The molecule has 6 nitrogen and oxygen atoms in total. The molecule has 1 aromatic heterocycles. The maximum absolute atomic E-state index is 5.42. The van der Waals surface area contributed by atoms with E-state index in [0.717, 1.165) is 33.9 Å². The number of hydrogen-bond donors (Lipinski definition) is 2. The first-order chi connectivity index (χ1) is 12.3. The highest BCUT2D eigenvalue weighted by Crippen LogP contribution is 2.22. The van der Waals surface area contributed by atoms with Crippen LogP contribution >= 0.6 is 39.9 Å². The van der Waals surface area contributed by atoms with Gasteiger partial charge in [0.15, 0.2) is 5.96 Å². The molecule has 0 saturated heterocycles. The van der Waals surface area contributed by atoms with Gasteiger partial charge in [-0.25, -0.2) is 0 Å². The summed E-state index contributed by atoms with van der Waals surface area (Å²) in [6, 6.07) is 6.20. The summed E-state index contributed by atoms with van der Waals surface area (Å²) in [4.78, 5) is 4.33. The number of aromatic nitrogens is 2. The Morgan fingerprint density at radius 3 is 2.63 bits per heavy atom. The van der Waals surface area contributed by atoms with Crippen molar-refractivity contribution in [3.8, 4) is 5.75 Å². The van der Waals surface area contributed by atoms with Crippen molar-refractivity contribution in [2.45, 2.75) is 39.8 Å². The van der Waals surface area contributed by atoms with Gasteiger partial charge in [-0.1, -0.05) is 15.9 Å². The lowest BCUT2D eigenvalue weighted by atomic mass is 10.1. The van der Waals surface area contributed by atoms with Crippen LogP contribution in [0, 0.1) is 13.8 Å². The van der Waals surface area contributed by atoms with Crippen LogP contribution in [0.3, 0.4) is 0 Å². The molecular formula is C19H29BrIN5O. The van der Waals surface area contributed by atoms with Gasteiger partial charge in [0.2, 0.25) is 0 Å². The Labute approximate surface area is 187 Å². The molecule has 1 heterocycles. The lowest BCUT2D eigenvalue weighted by Gasteiger charge is -2.19. The van der Waals surface area contributed by atoms with Crippen LogP contribution in [-0.2, 0) is 20.0 Å². The summed E-state index contributed by atoms with van der Waals surface area (Å²) in [6.45, 7) is 6.94. The third-order valence-electron chi connectivity index (χ3n) is 4.46. The fourth-order valence-electron chi connectivity index (χ4n) is 2.96. The topological polar surface area (TPSA) is 63.5 Å². The molecule has 8 heteroatoms. The van der Waals surface area contributed by atoms with E-state index in [1.165, 1.54) is 11.3 Å². The van der Waals surface area contributed by atoms with Gasteiger partial charge in [-0.2, -0.15) is 5.10 Å². The lowest BCUT2D eigenvalue weighted by molar-refractivity contribution is 0.409. The summed E-state index contributed by atoms with van der Waals surface area (Å²) in [5, 5.41) is 11.3. The summed E-state index contributed by atoms with van der Waals surface area (Å²) in [5.74, 6) is 1.62. The fraction of sp³-hybridized carbons (Fsp3) is 0.474. The highest BCUT2D eigenvalue weighted by Gasteiger charge is 2.14. The molecule has 2 N–H and O–H groups in total. The van der Waals surface area contributed by atoms with Crippen molar-refractivity contribution in [2.75, 3.05) is 14.2 Å². The van der Waals surface area contributed by atoms with E-state index in [2.05, 4.69) is 57.4 Å². The Kier molecular flexibility index (Phi) is 9.58. The Hall–Kier alpha value is -1.29. The van der Waals surface area contributed by atoms with Crippen LogP contribution in [0.4, 0.5) is 0 Å². The summed E-state index contributed by atoms with van der Waals surface area (Å²) in [7, 11) is 5.44. The zero-order valence-corrected chi connectivity index (χ0v) is 20.7. The van der Waals surface area contributed by atoms with Gasteiger partial charge in [0, 0.05) is 42.4 Å². The molecule has 2 rings (SSSR count). The summed E-state index contributed by atoms with van der Waals surface area (Å²) < 4.78 is 8.38. The standard InChI is InChI=1S/C19H28BrN5O.HI/c1-12(9-17-13(2)24-25(5)14(17)3)23-19(21-4)22-11-15-10-16(20)7-8-18(15)26-6;/h7-8,10,12H,9,11H2,1-6H3,(H2,21,22,23);1H. The highest BCUT2D eigenvalue weighted by molar-refractivity contribution is 14.0. The number of halogens is 2. The molecule has 0 bridgehead atoms. The van der Waals surface area contributed by atoms with Gasteiger partial charge >= 0.3 is 0 Å². The SMILES string of the molecule is CN=C(NCc1cc(Br)ccc1OC)NC(C)Cc1c(C)nn(C)c1C.I. The van der Waals surface area contributed by atoms with Crippen molar-refractivity contribution in [1.82, 2.24) is 20.4 Å². The molecule has 1 unspecified atom stereocenters. The third-order valence-corrected chi connectivity index (χ3v) is 4.96. The van der Waals surface area contributed by atoms with Crippen LogP contribution in [0.1, 0.15) is 29.4 Å². The van der Waals surface area contributed by atoms with Crippen LogP contribution in [0.2, 0.25) is 0 Å². The monoisotopic (exact) mass is 549 g/mol. The van der Waals surface area contributed by atoms with E-state index < -0.39 is 0 Å². The van der Waals surface area contributed by atoms with E-state index >= 15 is 0 Å². The first-order valence-electron chi connectivity index (χ1n) is 8.64. The van der Waals surface area contributed by atoms with Gasteiger partial charge in [0.25, 0.3) is 0 Å². The van der Waals surface area contributed by atoms with Crippen molar-refractivity contribution in [3.63, 3.8) is 0 Å². The van der Waals surface area contributed by atoms with Gasteiger partial charge in [-0.15, -0.1) is 24.0 Å². The second kappa shape index (κ2) is 10.9. The van der Waals surface area contributed by atoms with E-state index in [0.29, 0.717) is 6.54 Å². The van der Waals surface area contributed by atoms with Crippen molar-refractivity contribution >= 4 is 45.9 Å². The fourth-order valence-corrected chi connectivity index (χ4v) is 3.37. The number of hydrogen-bond acceptors (Lipinski definition) is 3. The predicted octanol–water partition coefficient (Wildman–Crippen LogP) is 3.72. The number of nitrogens with one attached hydrogen (secondary N) is 2.